The number of ketones is 1. The number of nitrogens with zero attached hydrogens (tertiary/aromatic N) is 2. The van der Waals surface area contributed by atoms with Crippen molar-refractivity contribution in [1.29, 1.82) is 0 Å². The minimum Gasteiger partial charge on any atom is -0.347 e. The van der Waals surface area contributed by atoms with Gasteiger partial charge in [-0.25, -0.2) is 0 Å². The number of rotatable bonds is 2. The molecule has 0 N–H and O–H groups in total. The number of carbonyl (C=O) groups is 1. The van der Waals surface area contributed by atoms with Crippen molar-refractivity contribution in [3.05, 3.63) is 131 Å². The van der Waals surface area contributed by atoms with Gasteiger partial charge in [0.2, 0.25) is 0 Å². The van der Waals surface area contributed by atoms with E-state index in [1.165, 1.54) is 33.9 Å². The summed E-state index contributed by atoms with van der Waals surface area (Å²) in [6, 6.07) is 25.2. The van der Waals surface area contributed by atoms with Crippen molar-refractivity contribution in [3.8, 4) is 0 Å². The Morgan fingerprint density at radius 2 is 0.921 bits per heavy atom. The van der Waals surface area contributed by atoms with E-state index in [-0.39, 0.29) is 16.6 Å². The maximum Gasteiger partial charge on any atom is 0.194 e. The first kappa shape index (κ1) is 24.2. The van der Waals surface area contributed by atoms with Crippen molar-refractivity contribution in [2.24, 2.45) is 0 Å². The van der Waals surface area contributed by atoms with E-state index in [1.54, 1.807) is 0 Å². The summed E-state index contributed by atoms with van der Waals surface area (Å²) in [6.07, 6.45) is 8.32. The molecule has 3 aliphatic rings. The molecule has 190 valence electrons. The molecular formula is C35H34N2O. The lowest BCUT2D eigenvalue weighted by Crippen LogP contribution is -2.22. The average Bonchev–Trinajstić information content (AvgIpc) is 3.37. The van der Waals surface area contributed by atoms with Crippen molar-refractivity contribution in [1.82, 2.24) is 0 Å². The van der Waals surface area contributed by atoms with Crippen LogP contribution in [0, 0.1) is 0 Å². The lowest BCUT2D eigenvalue weighted by molar-refractivity contribution is -0.108. The molecule has 3 aromatic carbocycles. The standard InChI is InChI=1S/C35H34N2O/c1-34(2)27-15-9-11-17-29(27)36(5)31(34)21-19-25-23-13-7-8-14-24(23)26(33(25)38)20-22-32-35(3,4)28-16-10-12-18-30(28)37(32)6/h7-22H,1-6H3/b25-19-,26-20+,31-21+,32-22+. The summed E-state index contributed by atoms with van der Waals surface area (Å²) < 4.78 is 0. The number of allylic oxidation sites excluding steroid dienone is 8. The SMILES string of the molecule is CN1/C(=C/C=C2\C(=O)/C(=C/C=C3/N(C)c4ccccc4C3(C)C)c3ccccc32)C(C)(C)c2ccccc21. The summed E-state index contributed by atoms with van der Waals surface area (Å²) in [5, 5.41) is 0. The highest BCUT2D eigenvalue weighted by Crippen LogP contribution is 2.48. The normalized spacial score (nSPS) is 23.1. The Hall–Kier alpha value is -4.11. The van der Waals surface area contributed by atoms with E-state index >= 15 is 0 Å². The molecule has 0 amide bonds. The molecule has 0 unspecified atom stereocenters. The van der Waals surface area contributed by atoms with Gasteiger partial charge in [0.05, 0.1) is 0 Å². The number of hydrogen-bond donors (Lipinski definition) is 0. The van der Waals surface area contributed by atoms with Crippen LogP contribution in [0.25, 0.3) is 11.1 Å². The molecule has 0 fully saturated rings. The van der Waals surface area contributed by atoms with Gasteiger partial charge in [0.1, 0.15) is 0 Å². The second kappa shape index (κ2) is 8.46. The molecule has 3 heteroatoms. The molecule has 3 aromatic rings. The molecular weight excluding hydrogens is 464 g/mol. The van der Waals surface area contributed by atoms with Crippen LogP contribution in [0.5, 0.6) is 0 Å². The molecule has 0 bridgehead atoms. The molecule has 0 saturated heterocycles. The number of benzene rings is 3. The zero-order valence-electron chi connectivity index (χ0n) is 23.0. The molecule has 3 nitrogen and oxygen atoms in total. The minimum atomic E-state index is -0.139. The Bertz CT molecular complexity index is 1490. The molecule has 6 rings (SSSR count). The fourth-order valence-electron chi connectivity index (χ4n) is 6.60. The number of anilines is 2. The summed E-state index contributed by atoms with van der Waals surface area (Å²) >= 11 is 0. The van der Waals surface area contributed by atoms with Crippen LogP contribution < -0.4 is 9.80 Å². The molecule has 1 aliphatic carbocycles. The highest BCUT2D eigenvalue weighted by atomic mass is 16.1. The molecule has 38 heavy (non-hydrogen) atoms. The predicted octanol–water partition coefficient (Wildman–Crippen LogP) is 7.66. The first-order chi connectivity index (χ1) is 18.1. The van der Waals surface area contributed by atoms with Crippen molar-refractivity contribution in [3.63, 3.8) is 0 Å². The fourth-order valence-corrected chi connectivity index (χ4v) is 6.60. The van der Waals surface area contributed by atoms with Crippen LogP contribution in [0.4, 0.5) is 11.4 Å². The quantitative estimate of drug-likeness (QED) is 0.339. The number of fused-ring (bicyclic) bond motifs is 3. The third-order valence-corrected chi connectivity index (χ3v) is 8.69. The molecule has 0 spiro atoms. The second-order valence-electron chi connectivity index (χ2n) is 11.5. The summed E-state index contributed by atoms with van der Waals surface area (Å²) in [5.41, 5.74) is 10.6. The minimum absolute atomic E-state index is 0.0758. The van der Waals surface area contributed by atoms with Gasteiger partial charge >= 0.3 is 0 Å². The van der Waals surface area contributed by atoms with E-state index in [0.29, 0.717) is 0 Å². The number of Topliss-reactive ketones (excluding diaryl/α,β-unsaturated/α-hetero) is 1. The summed E-state index contributed by atoms with van der Waals surface area (Å²) in [6.45, 7) is 9.00. The van der Waals surface area contributed by atoms with E-state index in [9.17, 15) is 4.79 Å². The maximum atomic E-state index is 13.9. The van der Waals surface area contributed by atoms with Gasteiger partial charge in [-0.1, -0.05) is 88.4 Å². The lowest BCUT2D eigenvalue weighted by atomic mass is 9.83. The Morgan fingerprint density at radius 1 is 0.553 bits per heavy atom. The second-order valence-corrected chi connectivity index (χ2v) is 11.5. The highest BCUT2D eigenvalue weighted by molar-refractivity contribution is 6.47. The third-order valence-electron chi connectivity index (χ3n) is 8.69. The van der Waals surface area contributed by atoms with Crippen LogP contribution in [0.1, 0.15) is 49.9 Å². The number of carbonyl (C=O) groups excluding carboxylic acids is 1. The Balaban J connectivity index is 1.41. The van der Waals surface area contributed by atoms with E-state index in [2.05, 4.69) is 124 Å². The van der Waals surface area contributed by atoms with Gasteiger partial charge < -0.3 is 9.80 Å². The maximum absolute atomic E-state index is 13.9. The van der Waals surface area contributed by atoms with Crippen LogP contribution >= 0.6 is 0 Å². The van der Waals surface area contributed by atoms with Crippen molar-refractivity contribution in [2.75, 3.05) is 23.9 Å². The van der Waals surface area contributed by atoms with E-state index in [0.717, 1.165) is 22.3 Å². The van der Waals surface area contributed by atoms with E-state index in [4.69, 9.17) is 0 Å². The number of likely N-dealkylation sites (N-methyl/N-ethyl adjacent to an activating group) is 2. The fraction of sp³-hybridized carbons (Fsp3) is 0.229. The zero-order chi connectivity index (χ0) is 26.8. The average molecular weight is 499 g/mol. The molecule has 0 atom stereocenters. The summed E-state index contributed by atoms with van der Waals surface area (Å²) in [4.78, 5) is 18.4. The van der Waals surface area contributed by atoms with Crippen LogP contribution in [0.15, 0.2) is 108 Å². The molecule has 2 heterocycles. The van der Waals surface area contributed by atoms with Gasteiger partial charge in [-0.3, -0.25) is 4.79 Å². The van der Waals surface area contributed by atoms with E-state index in [1.807, 2.05) is 24.3 Å². The van der Waals surface area contributed by atoms with Crippen molar-refractivity contribution in [2.45, 2.75) is 38.5 Å². The van der Waals surface area contributed by atoms with Gasteiger partial charge in [-0.2, -0.15) is 0 Å². The van der Waals surface area contributed by atoms with Crippen LogP contribution in [-0.2, 0) is 15.6 Å². The first-order valence-corrected chi connectivity index (χ1v) is 13.3. The van der Waals surface area contributed by atoms with Gasteiger partial charge in [0, 0.05) is 58.8 Å². The molecule has 0 radical (unpaired) electrons. The summed E-state index contributed by atoms with van der Waals surface area (Å²) in [7, 11) is 4.22. The topological polar surface area (TPSA) is 23.6 Å². The zero-order valence-corrected chi connectivity index (χ0v) is 23.0. The Morgan fingerprint density at radius 3 is 1.32 bits per heavy atom. The van der Waals surface area contributed by atoms with Crippen LogP contribution in [0.3, 0.4) is 0 Å². The van der Waals surface area contributed by atoms with Gasteiger partial charge in [0.25, 0.3) is 0 Å². The number of hydrogen-bond acceptors (Lipinski definition) is 3. The Labute approximate surface area is 226 Å². The van der Waals surface area contributed by atoms with Gasteiger partial charge in [-0.15, -0.1) is 0 Å². The Kier molecular flexibility index (Phi) is 5.39. The number of para-hydroxylation sites is 2. The smallest absolute Gasteiger partial charge is 0.194 e. The van der Waals surface area contributed by atoms with Crippen LogP contribution in [-0.4, -0.2) is 19.9 Å². The largest absolute Gasteiger partial charge is 0.347 e. The monoisotopic (exact) mass is 498 g/mol. The molecule has 0 saturated carbocycles. The third kappa shape index (κ3) is 3.38. The van der Waals surface area contributed by atoms with E-state index < -0.39 is 0 Å². The van der Waals surface area contributed by atoms with Gasteiger partial charge in [0.15, 0.2) is 5.78 Å². The van der Waals surface area contributed by atoms with Crippen molar-refractivity contribution < 1.29 is 4.79 Å². The first-order valence-electron chi connectivity index (χ1n) is 13.3. The molecule has 0 aromatic heterocycles. The summed E-state index contributed by atoms with van der Waals surface area (Å²) in [5.74, 6) is 0.0758. The molecule has 2 aliphatic heterocycles. The van der Waals surface area contributed by atoms with Crippen LogP contribution in [0.2, 0.25) is 0 Å². The highest BCUT2D eigenvalue weighted by Gasteiger charge is 2.39. The van der Waals surface area contributed by atoms with Gasteiger partial charge in [-0.05, 0) is 58.7 Å². The van der Waals surface area contributed by atoms with Crippen molar-refractivity contribution >= 4 is 28.3 Å². The predicted molar refractivity (Wildman–Crippen MR) is 159 cm³/mol. The lowest BCUT2D eigenvalue weighted by Gasteiger charge is -2.23.